The van der Waals surface area contributed by atoms with Crippen molar-refractivity contribution in [1.82, 2.24) is 4.90 Å². The zero-order valence-electron chi connectivity index (χ0n) is 23.3. The maximum atomic E-state index is 15.6. The average molecular weight is 557 g/mol. The Hall–Kier alpha value is -2.59. The molecule has 4 rings (SSSR count). The number of aliphatic hydroxyl groups excluding tert-OH is 2. The lowest BCUT2D eigenvalue weighted by Gasteiger charge is -2.37. The van der Waals surface area contributed by atoms with Gasteiger partial charge < -0.3 is 29.3 Å². The monoisotopic (exact) mass is 556 g/mol. The summed E-state index contributed by atoms with van der Waals surface area (Å²) in [5.74, 6) is -0.611. The first kappa shape index (κ1) is 29.4. The Morgan fingerprint density at radius 2 is 1.87 bits per heavy atom. The number of benzene rings is 2. The van der Waals surface area contributed by atoms with Crippen LogP contribution in [-0.4, -0.2) is 66.3 Å². The Morgan fingerprint density at radius 1 is 1.15 bits per heavy atom. The van der Waals surface area contributed by atoms with Gasteiger partial charge >= 0.3 is 0 Å². The van der Waals surface area contributed by atoms with E-state index in [-0.39, 0.29) is 42.5 Å². The number of aryl methyl sites for hydroxylation is 1. The molecule has 2 aliphatic heterocycles. The van der Waals surface area contributed by atoms with Crippen molar-refractivity contribution in [3.8, 4) is 0 Å². The number of carbonyl (C=O) groups is 2. The van der Waals surface area contributed by atoms with Gasteiger partial charge in [-0.2, -0.15) is 0 Å². The van der Waals surface area contributed by atoms with Crippen LogP contribution in [-0.2, 0) is 33.7 Å². The summed E-state index contributed by atoms with van der Waals surface area (Å²) in [5.41, 5.74) is 3.53. The van der Waals surface area contributed by atoms with Crippen molar-refractivity contribution in [2.45, 2.75) is 89.1 Å². The molecule has 0 aromatic heterocycles. The molecule has 0 aliphatic carbocycles. The van der Waals surface area contributed by atoms with Gasteiger partial charge in [0.1, 0.15) is 6.10 Å². The number of carbonyl (C=O) groups excluding carboxylic acids is 2. The SMILES string of the molecule is C[C@@H]1[C@@H]([Si](C)(C)F)[C@H](CC(=O)N2Cc3ccccc3C[C@H]2CO)O[C@@H]1CCc1cccc(NC(=O)[C@H](C)O)c1. The normalized spacial score (nSPS) is 25.7. The average Bonchev–Trinajstić information content (AvgIpc) is 3.21. The van der Waals surface area contributed by atoms with Crippen LogP contribution in [0, 0.1) is 5.92 Å². The molecule has 7 nitrogen and oxygen atoms in total. The van der Waals surface area contributed by atoms with Crippen LogP contribution >= 0.6 is 0 Å². The number of rotatable bonds is 9. The third-order valence-corrected chi connectivity index (χ3v) is 10.7. The fourth-order valence-corrected chi connectivity index (χ4v) is 8.81. The number of halogens is 1. The zero-order valence-corrected chi connectivity index (χ0v) is 24.3. The van der Waals surface area contributed by atoms with Gasteiger partial charge in [0.2, 0.25) is 14.3 Å². The quantitative estimate of drug-likeness (QED) is 0.317. The highest BCUT2D eigenvalue weighted by Crippen LogP contribution is 2.47. The predicted octanol–water partition coefficient (Wildman–Crippen LogP) is 4.22. The van der Waals surface area contributed by atoms with Crippen molar-refractivity contribution in [2.75, 3.05) is 11.9 Å². The van der Waals surface area contributed by atoms with Crippen LogP contribution in [0.1, 0.15) is 43.4 Å². The summed E-state index contributed by atoms with van der Waals surface area (Å²) >= 11 is 0. The Kier molecular flexibility index (Phi) is 9.26. The molecule has 9 heteroatoms. The van der Waals surface area contributed by atoms with Gasteiger partial charge in [-0.15, -0.1) is 0 Å². The minimum absolute atomic E-state index is 0.0386. The number of aliphatic hydroxyl groups is 2. The van der Waals surface area contributed by atoms with E-state index in [2.05, 4.69) is 5.32 Å². The summed E-state index contributed by atoms with van der Waals surface area (Å²) in [6.07, 6.45) is 0.247. The molecule has 39 heavy (non-hydrogen) atoms. The largest absolute Gasteiger partial charge is 0.394 e. The summed E-state index contributed by atoms with van der Waals surface area (Å²) in [4.78, 5) is 27.1. The van der Waals surface area contributed by atoms with E-state index >= 15 is 4.11 Å². The maximum Gasteiger partial charge on any atom is 0.252 e. The lowest BCUT2D eigenvalue weighted by Crippen LogP contribution is -2.48. The summed E-state index contributed by atoms with van der Waals surface area (Å²) in [7, 11) is -3.15. The molecule has 1 saturated heterocycles. The number of hydrogen-bond donors (Lipinski definition) is 3. The molecule has 2 aromatic carbocycles. The van der Waals surface area contributed by atoms with Crippen molar-refractivity contribution in [2.24, 2.45) is 5.92 Å². The second kappa shape index (κ2) is 12.3. The number of anilines is 1. The highest BCUT2D eigenvalue weighted by Gasteiger charge is 2.52. The Labute approximate surface area is 231 Å². The third-order valence-electron chi connectivity index (χ3n) is 8.25. The molecule has 0 unspecified atom stereocenters. The highest BCUT2D eigenvalue weighted by atomic mass is 28.4. The second-order valence-electron chi connectivity index (χ2n) is 11.6. The molecule has 0 bridgehead atoms. The first-order valence-electron chi connectivity index (χ1n) is 13.9. The van der Waals surface area contributed by atoms with Crippen LogP contribution in [0.5, 0.6) is 0 Å². The molecule has 6 atom stereocenters. The second-order valence-corrected chi connectivity index (χ2v) is 15.4. The van der Waals surface area contributed by atoms with E-state index in [1.54, 1.807) is 24.1 Å². The summed E-state index contributed by atoms with van der Waals surface area (Å²) < 4.78 is 22.1. The van der Waals surface area contributed by atoms with E-state index in [0.717, 1.165) is 16.7 Å². The summed E-state index contributed by atoms with van der Waals surface area (Å²) in [5, 5.41) is 22.2. The Balaban J connectivity index is 1.44. The number of amides is 2. The number of nitrogens with zero attached hydrogens (tertiary/aromatic N) is 1. The van der Waals surface area contributed by atoms with Gasteiger partial charge in [-0.25, -0.2) is 0 Å². The van der Waals surface area contributed by atoms with Gasteiger partial charge in [0.05, 0.1) is 31.3 Å². The lowest BCUT2D eigenvalue weighted by atomic mass is 9.93. The fraction of sp³-hybridized carbons (Fsp3) is 0.533. The molecule has 0 radical (unpaired) electrons. The molecule has 2 aromatic rings. The van der Waals surface area contributed by atoms with Gasteiger partial charge in [-0.05, 0) is 74.0 Å². The minimum atomic E-state index is -3.15. The summed E-state index contributed by atoms with van der Waals surface area (Å²) in [6, 6.07) is 15.1. The van der Waals surface area contributed by atoms with Gasteiger partial charge in [0.15, 0.2) is 0 Å². The van der Waals surface area contributed by atoms with Crippen LogP contribution in [0.3, 0.4) is 0 Å². The Bertz CT molecular complexity index is 1170. The number of hydrogen-bond acceptors (Lipinski definition) is 5. The lowest BCUT2D eigenvalue weighted by molar-refractivity contribution is -0.138. The van der Waals surface area contributed by atoms with Crippen LogP contribution in [0.15, 0.2) is 48.5 Å². The van der Waals surface area contributed by atoms with Gasteiger partial charge in [-0.1, -0.05) is 43.3 Å². The number of nitrogens with one attached hydrogen (secondary N) is 1. The van der Waals surface area contributed by atoms with Crippen LogP contribution < -0.4 is 5.32 Å². The van der Waals surface area contributed by atoms with Crippen molar-refractivity contribution in [1.29, 1.82) is 0 Å². The van der Waals surface area contributed by atoms with Crippen molar-refractivity contribution < 1.29 is 28.6 Å². The molecule has 2 aliphatic rings. The van der Waals surface area contributed by atoms with Gasteiger partial charge in [0.25, 0.3) is 5.91 Å². The number of ether oxygens (including phenoxy) is 1. The minimum Gasteiger partial charge on any atom is -0.394 e. The number of fused-ring (bicyclic) bond motifs is 1. The molecular formula is C30H41FN2O5Si. The highest BCUT2D eigenvalue weighted by molar-refractivity contribution is 6.72. The smallest absolute Gasteiger partial charge is 0.252 e. The maximum absolute atomic E-state index is 15.6. The topological polar surface area (TPSA) is 99.1 Å². The molecule has 0 spiro atoms. The predicted molar refractivity (Wildman–Crippen MR) is 151 cm³/mol. The van der Waals surface area contributed by atoms with Crippen LogP contribution in [0.4, 0.5) is 9.80 Å². The molecular weight excluding hydrogens is 515 g/mol. The molecule has 0 saturated carbocycles. The molecule has 1 fully saturated rings. The van der Waals surface area contributed by atoms with Gasteiger partial charge in [-0.3, -0.25) is 9.59 Å². The molecule has 3 N–H and O–H groups in total. The first-order chi connectivity index (χ1) is 18.5. The third kappa shape index (κ3) is 6.95. The molecule has 2 amide bonds. The first-order valence-corrected chi connectivity index (χ1v) is 16.8. The van der Waals surface area contributed by atoms with Crippen molar-refractivity contribution >= 4 is 25.9 Å². The van der Waals surface area contributed by atoms with E-state index in [9.17, 15) is 19.8 Å². The van der Waals surface area contributed by atoms with E-state index in [1.807, 2.05) is 49.4 Å². The van der Waals surface area contributed by atoms with Crippen molar-refractivity contribution in [3.05, 3.63) is 65.2 Å². The van der Waals surface area contributed by atoms with Crippen LogP contribution in [0.2, 0.25) is 18.6 Å². The van der Waals surface area contributed by atoms with Gasteiger partial charge in [0, 0.05) is 17.8 Å². The van der Waals surface area contributed by atoms with E-state index in [0.29, 0.717) is 31.5 Å². The fourth-order valence-electron chi connectivity index (χ4n) is 6.27. The van der Waals surface area contributed by atoms with Crippen LogP contribution in [0.25, 0.3) is 0 Å². The molecule has 2 heterocycles. The molecule has 212 valence electrons. The zero-order chi connectivity index (χ0) is 28.3. The van der Waals surface area contributed by atoms with E-state index < -0.39 is 26.5 Å². The van der Waals surface area contributed by atoms with E-state index in [4.69, 9.17) is 4.74 Å². The summed E-state index contributed by atoms with van der Waals surface area (Å²) in [6.45, 7) is 7.16. The van der Waals surface area contributed by atoms with E-state index in [1.165, 1.54) is 6.92 Å². The Morgan fingerprint density at radius 3 is 2.54 bits per heavy atom. The standard InChI is InChI=1S/C30H41FN2O5Si/c1-19-26(13-12-21-8-7-11-24(14-21)32-30(37)20(2)35)38-27(29(19)39(3,4)31)16-28(36)33-17-23-10-6-5-9-22(23)15-25(33)18-34/h5-11,14,19-20,25-27,29,34-35H,12-13,15-18H2,1-4H3,(H,32,37)/t19-,20-,25-,26+,27-,29+/m0/s1. The van der Waals surface area contributed by atoms with Crippen molar-refractivity contribution in [3.63, 3.8) is 0 Å².